The Bertz CT molecular complexity index is 1080. The molecule has 2 aromatic carbocycles. The van der Waals surface area contributed by atoms with Crippen LogP contribution in [0.4, 0.5) is 0 Å². The summed E-state index contributed by atoms with van der Waals surface area (Å²) >= 11 is 0. The van der Waals surface area contributed by atoms with E-state index in [4.69, 9.17) is 13.9 Å². The van der Waals surface area contributed by atoms with Crippen molar-refractivity contribution in [1.82, 2.24) is 0 Å². The van der Waals surface area contributed by atoms with E-state index in [0.29, 0.717) is 40.3 Å². The summed E-state index contributed by atoms with van der Waals surface area (Å²) in [6.45, 7) is 4.47. The fraction of sp³-hybridized carbons (Fsp3) is 0.348. The number of quaternary nitrogens is 1. The van der Waals surface area contributed by atoms with Crippen LogP contribution in [0.25, 0.3) is 11.0 Å². The Labute approximate surface area is 169 Å². The number of nitrogens with one attached hydrogen (secondary N) is 1. The Morgan fingerprint density at radius 3 is 2.52 bits per heavy atom. The first kappa shape index (κ1) is 19.3. The van der Waals surface area contributed by atoms with Gasteiger partial charge in [-0.25, -0.2) is 0 Å². The van der Waals surface area contributed by atoms with Gasteiger partial charge in [-0.1, -0.05) is 12.1 Å². The molecule has 152 valence electrons. The first-order chi connectivity index (χ1) is 14.1. The monoisotopic (exact) mass is 396 g/mol. The predicted molar refractivity (Wildman–Crippen MR) is 110 cm³/mol. The summed E-state index contributed by atoms with van der Waals surface area (Å²) in [5.41, 5.74) is 0.867. The van der Waals surface area contributed by atoms with Crippen LogP contribution < -0.4 is 19.8 Å². The number of rotatable bonds is 5. The highest BCUT2D eigenvalue weighted by molar-refractivity contribution is 5.83. The van der Waals surface area contributed by atoms with Crippen molar-refractivity contribution in [3.63, 3.8) is 0 Å². The molecule has 2 N–H and O–H groups in total. The number of likely N-dealkylation sites (tertiary alicyclic amines) is 1. The molecule has 0 radical (unpaired) electrons. The number of benzene rings is 2. The molecular weight excluding hydrogens is 370 g/mol. The normalized spacial score (nSPS) is 14.8. The molecule has 6 nitrogen and oxygen atoms in total. The molecule has 0 bridgehead atoms. The third-order valence-corrected chi connectivity index (χ3v) is 5.53. The van der Waals surface area contributed by atoms with E-state index >= 15 is 0 Å². The standard InChI is InChI=1S/C23H25NO5/c1-15-22(29-20-9-5-4-8-19(20)27-2)21(26)16-10-11-18(25)17(23(16)28-15)14-24-12-6-3-7-13-24/h4-5,8-11,25H,3,6-7,12-14H2,1-2H3/p+1. The molecule has 29 heavy (non-hydrogen) atoms. The molecule has 0 unspecified atom stereocenters. The Morgan fingerprint density at radius 1 is 1.07 bits per heavy atom. The van der Waals surface area contributed by atoms with Crippen molar-refractivity contribution in [2.45, 2.75) is 32.7 Å². The number of piperidine rings is 1. The van der Waals surface area contributed by atoms with Gasteiger partial charge in [0.15, 0.2) is 17.1 Å². The second-order valence-corrected chi connectivity index (χ2v) is 7.50. The maximum absolute atomic E-state index is 13.2. The van der Waals surface area contributed by atoms with Crippen LogP contribution in [-0.2, 0) is 6.54 Å². The minimum Gasteiger partial charge on any atom is -0.507 e. The van der Waals surface area contributed by atoms with Crippen molar-refractivity contribution in [2.75, 3.05) is 20.2 Å². The van der Waals surface area contributed by atoms with E-state index in [1.165, 1.54) is 24.2 Å². The van der Waals surface area contributed by atoms with Crippen LogP contribution in [-0.4, -0.2) is 25.3 Å². The lowest BCUT2D eigenvalue weighted by molar-refractivity contribution is -0.918. The first-order valence-electron chi connectivity index (χ1n) is 10.0. The lowest BCUT2D eigenvalue weighted by atomic mass is 10.1. The maximum atomic E-state index is 13.2. The number of ether oxygens (including phenoxy) is 2. The summed E-state index contributed by atoms with van der Waals surface area (Å²) in [4.78, 5) is 14.6. The SMILES string of the molecule is COc1ccccc1Oc1c(C)oc2c(C[NH+]3CCCCC3)c(O)ccc2c1=O. The zero-order valence-corrected chi connectivity index (χ0v) is 16.8. The molecule has 0 saturated carbocycles. The molecule has 2 heterocycles. The minimum absolute atomic E-state index is 0.129. The van der Waals surface area contributed by atoms with Crippen LogP contribution in [0.5, 0.6) is 23.0 Å². The number of methoxy groups -OCH3 is 1. The highest BCUT2D eigenvalue weighted by atomic mass is 16.5. The highest BCUT2D eigenvalue weighted by Gasteiger charge is 2.23. The van der Waals surface area contributed by atoms with Crippen LogP contribution in [0.15, 0.2) is 45.6 Å². The Balaban J connectivity index is 1.77. The van der Waals surface area contributed by atoms with E-state index in [-0.39, 0.29) is 16.9 Å². The first-order valence-corrected chi connectivity index (χ1v) is 10.0. The van der Waals surface area contributed by atoms with Gasteiger partial charge in [-0.15, -0.1) is 0 Å². The molecule has 0 aliphatic carbocycles. The third kappa shape index (κ3) is 3.80. The fourth-order valence-corrected chi connectivity index (χ4v) is 3.98. The largest absolute Gasteiger partial charge is 0.507 e. The molecule has 1 aliphatic rings. The van der Waals surface area contributed by atoms with E-state index in [0.717, 1.165) is 13.1 Å². The van der Waals surface area contributed by atoms with Gasteiger partial charge in [0.05, 0.1) is 31.1 Å². The van der Waals surface area contributed by atoms with E-state index in [2.05, 4.69) is 0 Å². The molecule has 0 amide bonds. The molecule has 0 spiro atoms. The van der Waals surface area contributed by atoms with E-state index in [9.17, 15) is 9.90 Å². The van der Waals surface area contributed by atoms with E-state index < -0.39 is 0 Å². The molecule has 1 aliphatic heterocycles. The number of aryl methyl sites for hydroxylation is 1. The van der Waals surface area contributed by atoms with Crippen molar-refractivity contribution >= 4 is 11.0 Å². The molecule has 0 atom stereocenters. The Hall–Kier alpha value is -2.99. The lowest BCUT2D eigenvalue weighted by Gasteiger charge is -2.24. The van der Waals surface area contributed by atoms with Crippen LogP contribution in [0.2, 0.25) is 0 Å². The molecule has 4 rings (SSSR count). The quantitative estimate of drug-likeness (QED) is 0.693. The second-order valence-electron chi connectivity index (χ2n) is 7.50. The number of hydrogen-bond acceptors (Lipinski definition) is 5. The van der Waals surface area contributed by atoms with Gasteiger partial charge in [-0.05, 0) is 50.5 Å². The summed E-state index contributed by atoms with van der Waals surface area (Å²) in [5.74, 6) is 1.64. The van der Waals surface area contributed by atoms with Gasteiger partial charge in [-0.3, -0.25) is 4.79 Å². The van der Waals surface area contributed by atoms with Crippen molar-refractivity contribution in [3.05, 3.63) is 57.9 Å². The van der Waals surface area contributed by atoms with Crippen molar-refractivity contribution in [3.8, 4) is 23.0 Å². The van der Waals surface area contributed by atoms with E-state index in [1.54, 1.807) is 38.3 Å². The number of phenols is 1. The zero-order valence-electron chi connectivity index (χ0n) is 16.8. The maximum Gasteiger partial charge on any atom is 0.235 e. The van der Waals surface area contributed by atoms with Gasteiger partial charge in [-0.2, -0.15) is 0 Å². The molecular formula is C23H26NO5+. The Morgan fingerprint density at radius 2 is 1.79 bits per heavy atom. The summed E-state index contributed by atoms with van der Waals surface area (Å²) in [6, 6.07) is 10.3. The third-order valence-electron chi connectivity index (χ3n) is 5.53. The summed E-state index contributed by atoms with van der Waals surface area (Å²) < 4.78 is 17.2. The summed E-state index contributed by atoms with van der Waals surface area (Å²) in [7, 11) is 1.55. The Kier molecular flexibility index (Phi) is 5.45. The van der Waals surface area contributed by atoms with Gasteiger partial charge in [0.25, 0.3) is 0 Å². The van der Waals surface area contributed by atoms with Crippen LogP contribution >= 0.6 is 0 Å². The number of aromatic hydroxyl groups is 1. The second kappa shape index (κ2) is 8.17. The number of phenolic OH excluding ortho intramolecular Hbond substituents is 1. The van der Waals surface area contributed by atoms with Gasteiger partial charge in [0.1, 0.15) is 18.1 Å². The fourth-order valence-electron chi connectivity index (χ4n) is 3.98. The van der Waals surface area contributed by atoms with Crippen molar-refractivity contribution in [2.24, 2.45) is 0 Å². The minimum atomic E-state index is -0.260. The number of hydrogen-bond donors (Lipinski definition) is 2. The molecule has 3 aromatic rings. The van der Waals surface area contributed by atoms with Gasteiger partial charge in [0.2, 0.25) is 11.2 Å². The predicted octanol–water partition coefficient (Wildman–Crippen LogP) is 3.18. The summed E-state index contributed by atoms with van der Waals surface area (Å²) in [6.07, 6.45) is 3.62. The van der Waals surface area contributed by atoms with Gasteiger partial charge < -0.3 is 23.9 Å². The van der Waals surface area contributed by atoms with Crippen molar-refractivity contribution < 1.29 is 23.9 Å². The van der Waals surface area contributed by atoms with Crippen LogP contribution in [0, 0.1) is 6.92 Å². The molecule has 1 saturated heterocycles. The topological polar surface area (TPSA) is 73.3 Å². The summed E-state index contributed by atoms with van der Waals surface area (Å²) in [5, 5.41) is 10.9. The smallest absolute Gasteiger partial charge is 0.235 e. The van der Waals surface area contributed by atoms with Crippen LogP contribution in [0.3, 0.4) is 0 Å². The average molecular weight is 396 g/mol. The van der Waals surface area contributed by atoms with Gasteiger partial charge >= 0.3 is 0 Å². The number of fused-ring (bicyclic) bond motifs is 1. The van der Waals surface area contributed by atoms with Crippen LogP contribution in [0.1, 0.15) is 30.6 Å². The van der Waals surface area contributed by atoms with Gasteiger partial charge in [0, 0.05) is 0 Å². The number of para-hydroxylation sites is 2. The molecule has 1 fully saturated rings. The average Bonchev–Trinajstić information content (AvgIpc) is 2.74. The molecule has 1 aromatic heterocycles. The lowest BCUT2D eigenvalue weighted by Crippen LogP contribution is -3.11. The van der Waals surface area contributed by atoms with Crippen molar-refractivity contribution in [1.29, 1.82) is 0 Å². The molecule has 6 heteroatoms. The van der Waals surface area contributed by atoms with E-state index in [1.807, 2.05) is 12.1 Å². The zero-order chi connectivity index (χ0) is 20.4. The highest BCUT2D eigenvalue weighted by Crippen LogP contribution is 2.34.